The van der Waals surface area contributed by atoms with Crippen LogP contribution in [0, 0.1) is 5.41 Å². The molecule has 188 valence electrons. The lowest BCUT2D eigenvalue weighted by molar-refractivity contribution is -0.180. The van der Waals surface area contributed by atoms with Crippen LogP contribution in [-0.2, 0) is 45.7 Å². The Labute approximate surface area is 186 Å². The van der Waals surface area contributed by atoms with Crippen LogP contribution in [0.4, 0.5) is 26.3 Å². The normalized spacial score (nSPS) is 15.0. The topological polar surface area (TPSA) is 96.0 Å². The predicted molar refractivity (Wildman–Crippen MR) is 100 cm³/mol. The molecule has 0 aliphatic carbocycles. The van der Waals surface area contributed by atoms with Gasteiger partial charge in [0.2, 0.25) is 0 Å². The van der Waals surface area contributed by atoms with Gasteiger partial charge in [0, 0.05) is 0 Å². The number of halogens is 6. The minimum atomic E-state index is -5.30. The van der Waals surface area contributed by atoms with Crippen LogP contribution in [0.5, 0.6) is 0 Å². The van der Waals surface area contributed by atoms with Crippen molar-refractivity contribution in [1.82, 2.24) is 0 Å². The van der Waals surface area contributed by atoms with E-state index in [0.717, 1.165) is 6.92 Å². The molecule has 14 heteroatoms. The summed E-state index contributed by atoms with van der Waals surface area (Å²) in [5.41, 5.74) is -7.31. The molecule has 0 radical (unpaired) electrons. The molecule has 0 aromatic heterocycles. The third kappa shape index (κ3) is 7.59. The molecule has 1 rings (SSSR count). The van der Waals surface area contributed by atoms with E-state index in [2.05, 4.69) is 4.18 Å². The van der Waals surface area contributed by atoms with Gasteiger partial charge in [-0.3, -0.25) is 13.8 Å². The Kier molecular flexibility index (Phi) is 8.25. The molecule has 0 bridgehead atoms. The van der Waals surface area contributed by atoms with Gasteiger partial charge in [-0.05, 0) is 52.8 Å². The number of carbonyl (C=O) groups is 2. The van der Waals surface area contributed by atoms with Gasteiger partial charge in [0.25, 0.3) is 10.1 Å². The number of esters is 2. The van der Waals surface area contributed by atoms with Crippen LogP contribution in [0.15, 0.2) is 23.1 Å². The highest BCUT2D eigenvalue weighted by Crippen LogP contribution is 2.38. The summed E-state index contributed by atoms with van der Waals surface area (Å²) >= 11 is 0. The lowest BCUT2D eigenvalue weighted by atomic mass is 9.92. The molecule has 0 N–H and O–H groups in total. The van der Waals surface area contributed by atoms with E-state index in [1.54, 1.807) is 0 Å². The van der Waals surface area contributed by atoms with Crippen molar-refractivity contribution in [2.45, 2.75) is 57.5 Å². The number of ether oxygens (including phenoxy) is 2. The summed E-state index contributed by atoms with van der Waals surface area (Å²) in [7, 11) is -5.30. The maximum absolute atomic E-state index is 13.0. The molecule has 0 fully saturated rings. The summed E-state index contributed by atoms with van der Waals surface area (Å²) in [4.78, 5) is 23.4. The lowest BCUT2D eigenvalue weighted by Gasteiger charge is -2.29. The Morgan fingerprint density at radius 2 is 1.30 bits per heavy atom. The van der Waals surface area contributed by atoms with E-state index < -0.39 is 68.1 Å². The van der Waals surface area contributed by atoms with Crippen LogP contribution in [0.2, 0.25) is 0 Å². The molecule has 0 aliphatic heterocycles. The predicted octanol–water partition coefficient (Wildman–Crippen LogP) is 4.34. The monoisotopic (exact) mass is 508 g/mol. The molecule has 7 nitrogen and oxygen atoms in total. The van der Waals surface area contributed by atoms with Crippen molar-refractivity contribution in [3.05, 3.63) is 29.3 Å². The lowest BCUT2D eigenvalue weighted by Crippen LogP contribution is -2.46. The fourth-order valence-electron chi connectivity index (χ4n) is 2.22. The van der Waals surface area contributed by atoms with Crippen molar-refractivity contribution in [3.63, 3.8) is 0 Å². The van der Waals surface area contributed by atoms with Crippen molar-refractivity contribution in [2.24, 2.45) is 5.41 Å². The van der Waals surface area contributed by atoms with E-state index in [1.165, 1.54) is 27.7 Å². The van der Waals surface area contributed by atoms with E-state index >= 15 is 0 Å². The summed E-state index contributed by atoms with van der Waals surface area (Å²) < 4.78 is 117. The van der Waals surface area contributed by atoms with Gasteiger partial charge in [0.1, 0.15) is 5.60 Å². The Hall–Kier alpha value is -2.35. The zero-order valence-electron chi connectivity index (χ0n) is 18.2. The largest absolute Gasteiger partial charge is 0.465 e. The molecule has 0 saturated carbocycles. The number of hydrogen-bond donors (Lipinski definition) is 0. The number of rotatable bonds is 7. The quantitative estimate of drug-likeness (QED) is 0.234. The molecule has 0 saturated heterocycles. The van der Waals surface area contributed by atoms with Crippen LogP contribution in [0.1, 0.15) is 45.7 Å². The second kappa shape index (κ2) is 9.49. The fourth-order valence-corrected chi connectivity index (χ4v) is 3.29. The van der Waals surface area contributed by atoms with Crippen LogP contribution in [-0.4, -0.2) is 39.2 Å². The highest BCUT2D eigenvalue weighted by Gasteiger charge is 2.48. The molecule has 1 aromatic carbocycles. The number of carbonyl (C=O) groups excluding carboxylic acids is 2. The molecule has 0 spiro atoms. The highest BCUT2D eigenvalue weighted by molar-refractivity contribution is 7.86. The molecular weight excluding hydrogens is 486 g/mol. The average molecular weight is 508 g/mol. The van der Waals surface area contributed by atoms with Gasteiger partial charge in [-0.1, -0.05) is 0 Å². The van der Waals surface area contributed by atoms with Crippen molar-refractivity contribution in [3.8, 4) is 0 Å². The standard InChI is InChI=1S/C19H22F6O7S/c1-6-30-14(26)17(5,15(27)32-16(2,3)4)10-31-33(28,29)13-8-11(18(20,21)22)7-12(9-13)19(23,24)25/h7-9H,6,10H2,1-5H3/t17-/m1/s1. The maximum atomic E-state index is 13.0. The third-order valence-corrected chi connectivity index (χ3v) is 5.17. The van der Waals surface area contributed by atoms with E-state index in [-0.39, 0.29) is 24.8 Å². The van der Waals surface area contributed by atoms with Gasteiger partial charge in [-0.2, -0.15) is 34.8 Å². The number of benzene rings is 1. The Balaban J connectivity index is 3.43. The maximum Gasteiger partial charge on any atom is 0.416 e. The van der Waals surface area contributed by atoms with Crippen LogP contribution >= 0.6 is 0 Å². The highest BCUT2D eigenvalue weighted by atomic mass is 32.2. The van der Waals surface area contributed by atoms with Crippen molar-refractivity contribution < 1.29 is 58.0 Å². The summed E-state index contributed by atoms with van der Waals surface area (Å²) in [6, 6.07) is -0.373. The molecular formula is C19H22F6O7S. The first-order chi connectivity index (χ1) is 14.6. The van der Waals surface area contributed by atoms with Crippen molar-refractivity contribution in [1.29, 1.82) is 0 Å². The van der Waals surface area contributed by atoms with E-state index in [9.17, 15) is 44.3 Å². The molecule has 33 heavy (non-hydrogen) atoms. The van der Waals surface area contributed by atoms with Gasteiger partial charge in [0.15, 0.2) is 5.41 Å². The summed E-state index contributed by atoms with van der Waals surface area (Å²) in [5.74, 6) is -2.54. The van der Waals surface area contributed by atoms with E-state index in [0.29, 0.717) is 0 Å². The van der Waals surface area contributed by atoms with Crippen LogP contribution < -0.4 is 0 Å². The summed E-state index contributed by atoms with van der Waals surface area (Å²) in [5, 5.41) is 0. The minimum absolute atomic E-state index is 0.0558. The molecule has 1 atom stereocenters. The van der Waals surface area contributed by atoms with Crippen molar-refractivity contribution in [2.75, 3.05) is 13.2 Å². The molecule has 0 aliphatic rings. The molecule has 0 heterocycles. The summed E-state index contributed by atoms with van der Waals surface area (Å²) in [6.07, 6.45) is -10.6. The van der Waals surface area contributed by atoms with E-state index in [1.807, 2.05) is 0 Å². The third-order valence-electron chi connectivity index (χ3n) is 3.93. The smallest absolute Gasteiger partial charge is 0.416 e. The summed E-state index contributed by atoms with van der Waals surface area (Å²) in [6.45, 7) is 5.07. The zero-order valence-corrected chi connectivity index (χ0v) is 19.0. The second-order valence-electron chi connectivity index (χ2n) is 8.01. The number of alkyl halides is 6. The first-order valence-electron chi connectivity index (χ1n) is 9.23. The molecule has 0 unspecified atom stereocenters. The van der Waals surface area contributed by atoms with Gasteiger partial charge >= 0.3 is 24.3 Å². The van der Waals surface area contributed by atoms with E-state index in [4.69, 9.17) is 9.47 Å². The average Bonchev–Trinajstić information content (AvgIpc) is 2.63. The van der Waals surface area contributed by atoms with Gasteiger partial charge in [0.05, 0.1) is 29.2 Å². The van der Waals surface area contributed by atoms with Gasteiger partial charge in [-0.25, -0.2) is 0 Å². The van der Waals surface area contributed by atoms with Crippen LogP contribution in [0.25, 0.3) is 0 Å². The SMILES string of the molecule is CCOC(=O)[C@@](C)(COS(=O)(=O)c1cc(C(F)(F)F)cc(C(F)(F)F)c1)C(=O)OC(C)(C)C. The Morgan fingerprint density at radius 1 is 0.848 bits per heavy atom. The Morgan fingerprint density at radius 3 is 1.67 bits per heavy atom. The Bertz CT molecular complexity index is 961. The second-order valence-corrected chi connectivity index (χ2v) is 9.63. The zero-order chi connectivity index (χ0) is 26.0. The molecule has 0 amide bonds. The van der Waals surface area contributed by atoms with Crippen molar-refractivity contribution >= 4 is 22.1 Å². The molecule has 1 aromatic rings. The minimum Gasteiger partial charge on any atom is -0.465 e. The van der Waals surface area contributed by atoms with Crippen LogP contribution in [0.3, 0.4) is 0 Å². The number of hydrogen-bond acceptors (Lipinski definition) is 7. The van der Waals surface area contributed by atoms with Gasteiger partial charge < -0.3 is 9.47 Å². The van der Waals surface area contributed by atoms with Gasteiger partial charge in [-0.15, -0.1) is 0 Å². The first kappa shape index (κ1) is 28.7. The first-order valence-corrected chi connectivity index (χ1v) is 10.6. The fraction of sp³-hybridized carbons (Fsp3) is 0.579.